The van der Waals surface area contributed by atoms with Crippen molar-refractivity contribution in [3.05, 3.63) is 58.6 Å². The molecule has 0 spiro atoms. The molecule has 0 aliphatic rings. The molecule has 0 atom stereocenters. The Balaban J connectivity index is 1.78. The minimum Gasteiger partial charge on any atom is -0.504 e. The third-order valence-electron chi connectivity index (χ3n) is 4.23. The molecule has 4 aromatic rings. The van der Waals surface area contributed by atoms with Crippen molar-refractivity contribution in [1.82, 2.24) is 14.6 Å². The SMILES string of the molecule is COc1ccc2[nH]c3c(=O)n(/N=C/c4ccc(O)c(OC)c4)cnc3c2c1. The Kier molecular flexibility index (Phi) is 4.00. The number of nitrogens with one attached hydrogen (secondary N) is 1. The largest absolute Gasteiger partial charge is 0.504 e. The Bertz CT molecular complexity index is 1240. The Labute approximate surface area is 153 Å². The summed E-state index contributed by atoms with van der Waals surface area (Å²) in [6, 6.07) is 10.3. The van der Waals surface area contributed by atoms with Crippen molar-refractivity contribution in [1.29, 1.82) is 0 Å². The second-order valence-electron chi connectivity index (χ2n) is 5.83. The molecule has 2 heterocycles. The maximum absolute atomic E-state index is 12.7. The van der Waals surface area contributed by atoms with Gasteiger partial charge in [0.2, 0.25) is 0 Å². The molecule has 2 aromatic heterocycles. The average Bonchev–Trinajstić information content (AvgIpc) is 3.07. The monoisotopic (exact) mass is 364 g/mol. The molecule has 0 amide bonds. The fraction of sp³-hybridized carbons (Fsp3) is 0.105. The quantitative estimate of drug-likeness (QED) is 0.542. The van der Waals surface area contributed by atoms with E-state index in [1.807, 2.05) is 18.2 Å². The first-order valence-corrected chi connectivity index (χ1v) is 8.09. The molecule has 0 fully saturated rings. The van der Waals surface area contributed by atoms with Crippen LogP contribution in [-0.2, 0) is 0 Å². The molecular weight excluding hydrogens is 348 g/mol. The summed E-state index contributed by atoms with van der Waals surface area (Å²) in [5.74, 6) is 1.04. The molecule has 8 heteroatoms. The number of H-pyrrole nitrogens is 1. The van der Waals surface area contributed by atoms with Crippen LogP contribution in [0.4, 0.5) is 0 Å². The molecule has 0 aliphatic carbocycles. The molecule has 0 radical (unpaired) electrons. The number of hydrogen-bond donors (Lipinski definition) is 2. The third kappa shape index (κ3) is 2.86. The van der Waals surface area contributed by atoms with E-state index >= 15 is 0 Å². The fourth-order valence-electron chi connectivity index (χ4n) is 2.84. The van der Waals surface area contributed by atoms with Gasteiger partial charge in [-0.2, -0.15) is 9.78 Å². The summed E-state index contributed by atoms with van der Waals surface area (Å²) < 4.78 is 11.4. The van der Waals surface area contributed by atoms with Crippen molar-refractivity contribution in [2.45, 2.75) is 0 Å². The minimum absolute atomic E-state index is 0.0309. The van der Waals surface area contributed by atoms with E-state index in [0.29, 0.717) is 28.1 Å². The molecule has 4 rings (SSSR count). The number of aromatic nitrogens is 3. The second kappa shape index (κ2) is 6.49. The van der Waals surface area contributed by atoms with Crippen molar-refractivity contribution < 1.29 is 14.6 Å². The van der Waals surface area contributed by atoms with Crippen LogP contribution in [-0.4, -0.2) is 40.2 Å². The van der Waals surface area contributed by atoms with Crippen LogP contribution < -0.4 is 15.0 Å². The molecule has 2 N–H and O–H groups in total. The zero-order chi connectivity index (χ0) is 19.0. The molecule has 8 nitrogen and oxygen atoms in total. The van der Waals surface area contributed by atoms with Gasteiger partial charge in [-0.1, -0.05) is 0 Å². The lowest BCUT2D eigenvalue weighted by Gasteiger charge is -2.03. The minimum atomic E-state index is -0.322. The molecule has 0 aliphatic heterocycles. The van der Waals surface area contributed by atoms with Crippen LogP contribution in [0.3, 0.4) is 0 Å². The molecule has 0 unspecified atom stereocenters. The summed E-state index contributed by atoms with van der Waals surface area (Å²) in [6.45, 7) is 0. The van der Waals surface area contributed by atoms with Gasteiger partial charge in [0.1, 0.15) is 23.1 Å². The normalized spacial score (nSPS) is 11.5. The van der Waals surface area contributed by atoms with E-state index < -0.39 is 0 Å². The summed E-state index contributed by atoms with van der Waals surface area (Å²) in [6.07, 6.45) is 2.86. The first-order chi connectivity index (χ1) is 13.1. The van der Waals surface area contributed by atoms with Crippen molar-refractivity contribution >= 4 is 28.2 Å². The van der Waals surface area contributed by atoms with Crippen LogP contribution in [0.2, 0.25) is 0 Å². The first kappa shape index (κ1) is 16.6. The highest BCUT2D eigenvalue weighted by Crippen LogP contribution is 2.26. The summed E-state index contributed by atoms with van der Waals surface area (Å²) >= 11 is 0. The van der Waals surface area contributed by atoms with Crippen LogP contribution >= 0.6 is 0 Å². The van der Waals surface area contributed by atoms with E-state index in [2.05, 4.69) is 15.1 Å². The van der Waals surface area contributed by atoms with E-state index in [0.717, 1.165) is 15.6 Å². The highest BCUT2D eigenvalue weighted by Gasteiger charge is 2.11. The molecule has 2 aromatic carbocycles. The molecular formula is C19H16N4O4. The molecule has 0 saturated heterocycles. The van der Waals surface area contributed by atoms with Gasteiger partial charge in [0.05, 0.1) is 20.4 Å². The smallest absolute Gasteiger partial charge is 0.298 e. The Hall–Kier alpha value is -3.81. The number of ether oxygens (including phenoxy) is 2. The number of phenols is 1. The number of aromatic amines is 1. The van der Waals surface area contributed by atoms with Crippen molar-refractivity contribution in [2.75, 3.05) is 14.2 Å². The Morgan fingerprint density at radius 3 is 2.81 bits per heavy atom. The van der Waals surface area contributed by atoms with E-state index in [9.17, 15) is 9.90 Å². The van der Waals surface area contributed by atoms with Crippen LogP contribution in [0.15, 0.2) is 52.6 Å². The number of hydrogen-bond acceptors (Lipinski definition) is 6. The number of fused-ring (bicyclic) bond motifs is 3. The fourth-order valence-corrected chi connectivity index (χ4v) is 2.84. The van der Waals surface area contributed by atoms with Crippen LogP contribution in [0.1, 0.15) is 5.56 Å². The standard InChI is InChI=1S/C19H16N4O4/c1-26-12-4-5-14-13(8-12)17-18(22-14)19(25)23(10-20-17)21-9-11-3-6-15(24)16(7-11)27-2/h3-10,22,24H,1-2H3/b21-9+. The van der Waals surface area contributed by atoms with Gasteiger partial charge in [0.15, 0.2) is 11.5 Å². The Morgan fingerprint density at radius 2 is 2.04 bits per heavy atom. The topological polar surface area (TPSA) is 102 Å². The number of rotatable bonds is 4. The maximum Gasteiger partial charge on any atom is 0.298 e. The summed E-state index contributed by atoms with van der Waals surface area (Å²) in [5, 5.41) is 14.6. The zero-order valence-electron chi connectivity index (χ0n) is 14.6. The van der Waals surface area contributed by atoms with Gasteiger partial charge in [0.25, 0.3) is 5.56 Å². The third-order valence-corrected chi connectivity index (χ3v) is 4.23. The highest BCUT2D eigenvalue weighted by atomic mass is 16.5. The number of nitrogens with zero attached hydrogens (tertiary/aromatic N) is 3. The van der Waals surface area contributed by atoms with E-state index in [1.54, 1.807) is 19.2 Å². The number of phenolic OH excluding ortho intramolecular Hbond substituents is 1. The second-order valence-corrected chi connectivity index (χ2v) is 5.83. The highest BCUT2D eigenvalue weighted by molar-refractivity contribution is 6.04. The summed E-state index contributed by atoms with van der Waals surface area (Å²) in [7, 11) is 3.05. The number of methoxy groups -OCH3 is 2. The van der Waals surface area contributed by atoms with Gasteiger partial charge in [-0.15, -0.1) is 0 Å². The first-order valence-electron chi connectivity index (χ1n) is 8.09. The van der Waals surface area contributed by atoms with Gasteiger partial charge >= 0.3 is 0 Å². The molecule has 136 valence electrons. The van der Waals surface area contributed by atoms with Crippen LogP contribution in [0, 0.1) is 0 Å². The van der Waals surface area contributed by atoms with Crippen molar-refractivity contribution in [3.8, 4) is 17.2 Å². The van der Waals surface area contributed by atoms with Gasteiger partial charge < -0.3 is 19.6 Å². The molecule has 0 saturated carbocycles. The number of benzene rings is 2. The maximum atomic E-state index is 12.7. The van der Waals surface area contributed by atoms with Gasteiger partial charge in [0, 0.05) is 10.9 Å². The lowest BCUT2D eigenvalue weighted by atomic mass is 10.2. The zero-order valence-corrected chi connectivity index (χ0v) is 14.6. The van der Waals surface area contributed by atoms with Gasteiger partial charge in [-0.25, -0.2) is 4.98 Å². The molecule has 27 heavy (non-hydrogen) atoms. The lowest BCUT2D eigenvalue weighted by Crippen LogP contribution is -2.17. The van der Waals surface area contributed by atoms with Crippen molar-refractivity contribution in [2.24, 2.45) is 5.10 Å². The average molecular weight is 364 g/mol. The Morgan fingerprint density at radius 1 is 1.19 bits per heavy atom. The predicted octanol–water partition coefficient (Wildman–Crippen LogP) is 2.48. The van der Waals surface area contributed by atoms with Gasteiger partial charge in [-0.05, 0) is 42.0 Å². The predicted molar refractivity (Wildman–Crippen MR) is 102 cm³/mol. The van der Waals surface area contributed by atoms with E-state index in [-0.39, 0.29) is 11.3 Å². The van der Waals surface area contributed by atoms with Gasteiger partial charge in [-0.3, -0.25) is 4.79 Å². The lowest BCUT2D eigenvalue weighted by molar-refractivity contribution is 0.373. The summed E-state index contributed by atoms with van der Waals surface area (Å²) in [5.41, 5.74) is 2.06. The van der Waals surface area contributed by atoms with Crippen LogP contribution in [0.25, 0.3) is 21.9 Å². The molecule has 0 bridgehead atoms. The van der Waals surface area contributed by atoms with Crippen LogP contribution in [0.5, 0.6) is 17.2 Å². The van der Waals surface area contributed by atoms with E-state index in [4.69, 9.17) is 9.47 Å². The van der Waals surface area contributed by atoms with E-state index in [1.165, 1.54) is 25.7 Å². The summed E-state index contributed by atoms with van der Waals surface area (Å²) in [4.78, 5) is 20.2. The van der Waals surface area contributed by atoms with Crippen molar-refractivity contribution in [3.63, 3.8) is 0 Å². The number of aromatic hydroxyl groups is 1.